The van der Waals surface area contributed by atoms with Gasteiger partial charge in [0.2, 0.25) is 0 Å². The number of aliphatic carboxylic acids is 1. The summed E-state index contributed by atoms with van der Waals surface area (Å²) in [6.45, 7) is -0.290. The summed E-state index contributed by atoms with van der Waals surface area (Å²) in [5.74, 6) is -2.90. The van der Waals surface area contributed by atoms with Gasteiger partial charge in [0.05, 0.1) is 12.1 Å². The number of hydrogen-bond acceptors (Lipinski definition) is 3. The average Bonchev–Trinajstić information content (AvgIpc) is 2.30. The Labute approximate surface area is 108 Å². The van der Waals surface area contributed by atoms with Gasteiger partial charge in [-0.1, -0.05) is 0 Å². The molecule has 0 heterocycles. The Kier molecular flexibility index (Phi) is 4.78. The van der Waals surface area contributed by atoms with E-state index in [0.29, 0.717) is 10.4 Å². The second-order valence-corrected chi connectivity index (χ2v) is 5.47. The molecule has 2 N–H and O–H groups in total. The summed E-state index contributed by atoms with van der Waals surface area (Å²) in [7, 11) is -3.01. The highest BCUT2D eigenvalue weighted by Gasteiger charge is 2.20. The van der Waals surface area contributed by atoms with Crippen LogP contribution in [0.5, 0.6) is 0 Å². The van der Waals surface area contributed by atoms with Crippen molar-refractivity contribution < 1.29 is 27.1 Å². The van der Waals surface area contributed by atoms with Gasteiger partial charge in [-0.2, -0.15) is 12.7 Å². The zero-order valence-corrected chi connectivity index (χ0v) is 10.7. The molecular weight excluding hydrogens is 282 g/mol. The van der Waals surface area contributed by atoms with Crippen molar-refractivity contribution in [3.05, 3.63) is 29.8 Å². The lowest BCUT2D eigenvalue weighted by atomic mass is 10.3. The monoisotopic (exact) mass is 294 g/mol. The van der Waals surface area contributed by atoms with Crippen LogP contribution in [-0.2, 0) is 15.0 Å². The van der Waals surface area contributed by atoms with E-state index in [2.05, 4.69) is 0 Å². The van der Waals surface area contributed by atoms with Gasteiger partial charge in [-0.25, -0.2) is 8.78 Å². The summed E-state index contributed by atoms with van der Waals surface area (Å²) in [5.41, 5.74) is -0.540. The number of carboxylic acid groups (broad SMARTS) is 1. The molecule has 9 heteroatoms. The minimum atomic E-state index is -4.13. The Morgan fingerprint density at radius 2 is 2.05 bits per heavy atom. The van der Waals surface area contributed by atoms with Crippen molar-refractivity contribution in [3.8, 4) is 0 Å². The van der Waals surface area contributed by atoms with Gasteiger partial charge in [-0.05, 0) is 12.1 Å². The van der Waals surface area contributed by atoms with Crippen molar-refractivity contribution in [2.45, 2.75) is 6.42 Å². The highest BCUT2D eigenvalue weighted by Crippen LogP contribution is 2.17. The lowest BCUT2D eigenvalue weighted by Crippen LogP contribution is -2.34. The molecule has 0 amide bonds. The van der Waals surface area contributed by atoms with E-state index in [9.17, 15) is 22.0 Å². The normalized spacial score (nSPS) is 11.6. The van der Waals surface area contributed by atoms with Crippen LogP contribution in [0.3, 0.4) is 0 Å². The Morgan fingerprint density at radius 3 is 2.63 bits per heavy atom. The third kappa shape index (κ3) is 4.45. The van der Waals surface area contributed by atoms with E-state index in [-0.39, 0.29) is 6.54 Å². The Bertz CT molecular complexity index is 577. The number of rotatable bonds is 6. The van der Waals surface area contributed by atoms with Crippen LogP contribution in [0.4, 0.5) is 14.5 Å². The molecule has 0 spiro atoms. The molecule has 0 saturated carbocycles. The van der Waals surface area contributed by atoms with E-state index in [4.69, 9.17) is 5.11 Å². The number of nitrogens with one attached hydrogen (secondary N) is 1. The molecule has 0 saturated heterocycles. The summed E-state index contributed by atoms with van der Waals surface area (Å²) in [5, 5.41) is 8.45. The van der Waals surface area contributed by atoms with Crippen LogP contribution in [-0.4, -0.2) is 37.4 Å². The molecule has 0 aliphatic rings. The highest BCUT2D eigenvalue weighted by molar-refractivity contribution is 7.90. The Balaban J connectivity index is 2.84. The Hall–Kier alpha value is -1.74. The predicted molar refractivity (Wildman–Crippen MR) is 63.8 cm³/mol. The summed E-state index contributed by atoms with van der Waals surface area (Å²) in [4.78, 5) is 10.3. The number of hydrogen-bond donors (Lipinski definition) is 2. The molecule has 0 aromatic heterocycles. The number of anilines is 1. The standard InChI is InChI=1S/C10H12F2N2O4S/c1-14(5-4-10(15)16)19(17,18)13-9-6-7(11)2-3-8(9)12/h2-3,6,13H,4-5H2,1H3,(H,15,16). The average molecular weight is 294 g/mol. The molecule has 0 atom stereocenters. The highest BCUT2D eigenvalue weighted by atomic mass is 32.2. The molecule has 19 heavy (non-hydrogen) atoms. The van der Waals surface area contributed by atoms with Crippen molar-refractivity contribution in [3.63, 3.8) is 0 Å². The molecule has 1 rings (SSSR count). The smallest absolute Gasteiger partial charge is 0.304 e. The zero-order valence-electron chi connectivity index (χ0n) is 9.93. The summed E-state index contributed by atoms with van der Waals surface area (Å²) in [6.07, 6.45) is -0.400. The van der Waals surface area contributed by atoms with Gasteiger partial charge in [-0.15, -0.1) is 0 Å². The fourth-order valence-electron chi connectivity index (χ4n) is 1.17. The molecule has 0 unspecified atom stereocenters. The van der Waals surface area contributed by atoms with Crippen LogP contribution in [0, 0.1) is 11.6 Å². The molecule has 0 radical (unpaired) electrons. The van der Waals surface area contributed by atoms with Crippen molar-refractivity contribution in [1.29, 1.82) is 0 Å². The van der Waals surface area contributed by atoms with Gasteiger partial charge in [-0.3, -0.25) is 9.52 Å². The van der Waals surface area contributed by atoms with Gasteiger partial charge in [0, 0.05) is 19.7 Å². The van der Waals surface area contributed by atoms with Gasteiger partial charge >= 0.3 is 16.2 Å². The lowest BCUT2D eigenvalue weighted by molar-refractivity contribution is -0.137. The maximum Gasteiger partial charge on any atom is 0.304 e. The number of nitrogens with zero attached hydrogens (tertiary/aromatic N) is 1. The van der Waals surface area contributed by atoms with Crippen molar-refractivity contribution >= 4 is 21.9 Å². The molecule has 0 aliphatic heterocycles. The second-order valence-electron chi connectivity index (χ2n) is 3.70. The van der Waals surface area contributed by atoms with Crippen LogP contribution in [0.15, 0.2) is 18.2 Å². The minimum Gasteiger partial charge on any atom is -0.481 e. The van der Waals surface area contributed by atoms with Crippen LogP contribution >= 0.6 is 0 Å². The first-order chi connectivity index (χ1) is 8.72. The largest absolute Gasteiger partial charge is 0.481 e. The van der Waals surface area contributed by atoms with Crippen LogP contribution in [0.2, 0.25) is 0 Å². The molecule has 0 aliphatic carbocycles. The molecule has 106 valence electrons. The van der Waals surface area contributed by atoms with E-state index in [1.165, 1.54) is 0 Å². The fourth-order valence-corrected chi connectivity index (χ4v) is 2.09. The first kappa shape index (κ1) is 15.3. The topological polar surface area (TPSA) is 86.7 Å². The lowest BCUT2D eigenvalue weighted by Gasteiger charge is -2.17. The van der Waals surface area contributed by atoms with E-state index in [1.54, 1.807) is 0 Å². The number of carbonyl (C=O) groups is 1. The van der Waals surface area contributed by atoms with Crippen molar-refractivity contribution in [2.75, 3.05) is 18.3 Å². The summed E-state index contributed by atoms with van der Waals surface area (Å²) in [6, 6.07) is 2.32. The maximum absolute atomic E-state index is 13.3. The van der Waals surface area contributed by atoms with E-state index in [1.807, 2.05) is 4.72 Å². The molecule has 1 aromatic rings. The first-order valence-corrected chi connectivity index (χ1v) is 6.57. The number of carboxylic acids is 1. The van der Waals surface area contributed by atoms with Crippen LogP contribution in [0.25, 0.3) is 0 Å². The minimum absolute atomic E-state index is 0.290. The number of halogens is 2. The first-order valence-electron chi connectivity index (χ1n) is 5.13. The zero-order chi connectivity index (χ0) is 14.6. The van der Waals surface area contributed by atoms with Crippen LogP contribution < -0.4 is 4.72 Å². The number of benzene rings is 1. The van der Waals surface area contributed by atoms with Gasteiger partial charge in [0.25, 0.3) is 0 Å². The van der Waals surface area contributed by atoms with Crippen molar-refractivity contribution in [2.24, 2.45) is 0 Å². The van der Waals surface area contributed by atoms with E-state index in [0.717, 1.165) is 19.2 Å². The molecule has 0 bridgehead atoms. The SMILES string of the molecule is CN(CCC(=O)O)S(=O)(=O)Nc1cc(F)ccc1F. The van der Waals surface area contributed by atoms with E-state index >= 15 is 0 Å². The van der Waals surface area contributed by atoms with Gasteiger partial charge in [0.15, 0.2) is 0 Å². The van der Waals surface area contributed by atoms with Gasteiger partial charge in [0.1, 0.15) is 11.6 Å². The maximum atomic E-state index is 13.3. The third-order valence-electron chi connectivity index (χ3n) is 2.22. The predicted octanol–water partition coefficient (Wildman–Crippen LogP) is 1.03. The summed E-state index contributed by atoms with van der Waals surface area (Å²) >= 11 is 0. The molecule has 0 fully saturated rings. The second kappa shape index (κ2) is 5.93. The van der Waals surface area contributed by atoms with Gasteiger partial charge < -0.3 is 5.11 Å². The Morgan fingerprint density at radius 1 is 1.42 bits per heavy atom. The van der Waals surface area contributed by atoms with Crippen molar-refractivity contribution in [1.82, 2.24) is 4.31 Å². The van der Waals surface area contributed by atoms with E-state index < -0.39 is 39.9 Å². The summed E-state index contributed by atoms with van der Waals surface area (Å²) < 4.78 is 52.1. The van der Waals surface area contributed by atoms with Crippen LogP contribution in [0.1, 0.15) is 6.42 Å². The fraction of sp³-hybridized carbons (Fsp3) is 0.300. The quantitative estimate of drug-likeness (QED) is 0.820. The third-order valence-corrected chi connectivity index (χ3v) is 3.70. The molecular formula is C10H12F2N2O4S. The molecule has 6 nitrogen and oxygen atoms in total. The molecule has 1 aromatic carbocycles.